The van der Waals surface area contributed by atoms with E-state index in [2.05, 4.69) is 20.6 Å². The van der Waals surface area contributed by atoms with Crippen LogP contribution >= 0.6 is 0 Å². The Morgan fingerprint density at radius 3 is 2.88 bits per heavy atom. The molecule has 0 spiro atoms. The summed E-state index contributed by atoms with van der Waals surface area (Å²) in [6.45, 7) is 5.76. The maximum atomic E-state index is 5.48. The van der Waals surface area contributed by atoms with Crippen molar-refractivity contribution in [2.45, 2.75) is 38.8 Å². The van der Waals surface area contributed by atoms with Gasteiger partial charge in [-0.05, 0) is 26.7 Å². The third-order valence-corrected chi connectivity index (χ3v) is 2.41. The molecule has 0 unspecified atom stereocenters. The van der Waals surface area contributed by atoms with Gasteiger partial charge in [0.1, 0.15) is 5.82 Å². The van der Waals surface area contributed by atoms with Crippen LogP contribution in [0.3, 0.4) is 0 Å². The third-order valence-electron chi connectivity index (χ3n) is 2.41. The first-order valence-corrected chi connectivity index (χ1v) is 6.20. The number of hydrogen-bond acceptors (Lipinski definition) is 5. The molecule has 1 fully saturated rings. The summed E-state index contributed by atoms with van der Waals surface area (Å²) in [6.07, 6.45) is 6.10. The van der Waals surface area contributed by atoms with Gasteiger partial charge in [-0.3, -0.25) is 4.98 Å². The zero-order valence-electron chi connectivity index (χ0n) is 10.4. The van der Waals surface area contributed by atoms with E-state index in [4.69, 9.17) is 4.74 Å². The molecular formula is C12H20N4O. The monoisotopic (exact) mass is 236 g/mol. The van der Waals surface area contributed by atoms with Crippen LogP contribution < -0.4 is 15.4 Å². The molecule has 1 saturated carbocycles. The third kappa shape index (κ3) is 4.56. The van der Waals surface area contributed by atoms with E-state index < -0.39 is 0 Å². The number of ether oxygens (including phenoxy) is 1. The van der Waals surface area contributed by atoms with Gasteiger partial charge in [0.2, 0.25) is 5.88 Å². The zero-order chi connectivity index (χ0) is 12.1. The molecule has 5 heteroatoms. The highest BCUT2D eigenvalue weighted by Gasteiger charge is 2.19. The van der Waals surface area contributed by atoms with Gasteiger partial charge in [-0.15, -0.1) is 0 Å². The van der Waals surface area contributed by atoms with E-state index in [-0.39, 0.29) is 6.10 Å². The van der Waals surface area contributed by atoms with Crippen molar-refractivity contribution in [3.63, 3.8) is 0 Å². The van der Waals surface area contributed by atoms with Gasteiger partial charge < -0.3 is 15.4 Å². The van der Waals surface area contributed by atoms with Crippen LogP contribution in [0.15, 0.2) is 12.4 Å². The molecule has 0 aliphatic heterocycles. The Labute approximate surface area is 102 Å². The second kappa shape index (κ2) is 5.82. The van der Waals surface area contributed by atoms with Crippen LogP contribution in [0.25, 0.3) is 0 Å². The number of nitrogens with one attached hydrogen (secondary N) is 2. The SMILES string of the molecule is CC(C)Oc1cncc(NCCNC2CC2)n1. The highest BCUT2D eigenvalue weighted by Crippen LogP contribution is 2.18. The number of rotatable bonds is 7. The van der Waals surface area contributed by atoms with Gasteiger partial charge in [0.05, 0.1) is 18.5 Å². The zero-order valence-corrected chi connectivity index (χ0v) is 10.4. The molecule has 0 bridgehead atoms. The first kappa shape index (κ1) is 12.1. The van der Waals surface area contributed by atoms with Crippen molar-refractivity contribution in [3.8, 4) is 5.88 Å². The van der Waals surface area contributed by atoms with Crippen LogP contribution in [0, 0.1) is 0 Å². The highest BCUT2D eigenvalue weighted by atomic mass is 16.5. The number of aromatic nitrogens is 2. The van der Waals surface area contributed by atoms with Crippen molar-refractivity contribution in [1.29, 1.82) is 0 Å². The number of hydrogen-bond donors (Lipinski definition) is 2. The minimum Gasteiger partial charge on any atom is -0.474 e. The summed E-state index contributed by atoms with van der Waals surface area (Å²) >= 11 is 0. The highest BCUT2D eigenvalue weighted by molar-refractivity contribution is 5.33. The Bertz CT molecular complexity index is 352. The largest absolute Gasteiger partial charge is 0.474 e. The molecule has 0 aromatic carbocycles. The Morgan fingerprint density at radius 1 is 1.35 bits per heavy atom. The summed E-state index contributed by atoms with van der Waals surface area (Å²) in [5, 5.41) is 6.66. The Hall–Kier alpha value is -1.36. The molecule has 94 valence electrons. The van der Waals surface area contributed by atoms with Gasteiger partial charge in [-0.2, -0.15) is 4.98 Å². The van der Waals surface area contributed by atoms with Gasteiger partial charge in [0, 0.05) is 19.1 Å². The molecule has 1 heterocycles. The molecular weight excluding hydrogens is 216 g/mol. The van der Waals surface area contributed by atoms with Crippen LogP contribution in [0.4, 0.5) is 5.82 Å². The standard InChI is InChI=1S/C12H20N4O/c1-9(2)17-12-8-13-7-11(16-12)15-6-5-14-10-3-4-10/h7-10,14H,3-6H2,1-2H3,(H,15,16). The lowest BCUT2D eigenvalue weighted by Gasteiger charge is -2.10. The van der Waals surface area contributed by atoms with Gasteiger partial charge in [0.25, 0.3) is 0 Å². The van der Waals surface area contributed by atoms with Gasteiger partial charge >= 0.3 is 0 Å². The van der Waals surface area contributed by atoms with Crippen molar-refractivity contribution < 1.29 is 4.74 Å². The summed E-state index contributed by atoms with van der Waals surface area (Å²) in [5.74, 6) is 1.33. The summed E-state index contributed by atoms with van der Waals surface area (Å²) in [5.41, 5.74) is 0. The Kier molecular flexibility index (Phi) is 4.14. The molecule has 2 rings (SSSR count). The molecule has 0 amide bonds. The van der Waals surface area contributed by atoms with Crippen molar-refractivity contribution >= 4 is 5.82 Å². The average Bonchev–Trinajstić information content (AvgIpc) is 3.08. The number of anilines is 1. The topological polar surface area (TPSA) is 59.1 Å². The Balaban J connectivity index is 1.74. The number of nitrogens with zero attached hydrogens (tertiary/aromatic N) is 2. The molecule has 1 aromatic heterocycles. The average molecular weight is 236 g/mol. The normalized spacial score (nSPS) is 15.0. The van der Waals surface area contributed by atoms with Gasteiger partial charge in [-0.1, -0.05) is 0 Å². The predicted molar refractivity (Wildman–Crippen MR) is 67.3 cm³/mol. The maximum absolute atomic E-state index is 5.48. The van der Waals surface area contributed by atoms with E-state index in [1.165, 1.54) is 12.8 Å². The van der Waals surface area contributed by atoms with Gasteiger partial charge in [-0.25, -0.2) is 0 Å². The molecule has 5 nitrogen and oxygen atoms in total. The second-order valence-electron chi connectivity index (χ2n) is 4.56. The van der Waals surface area contributed by atoms with Crippen molar-refractivity contribution in [3.05, 3.63) is 12.4 Å². The summed E-state index contributed by atoms with van der Waals surface area (Å²) in [4.78, 5) is 8.42. The lowest BCUT2D eigenvalue weighted by Crippen LogP contribution is -2.24. The quantitative estimate of drug-likeness (QED) is 0.701. The van der Waals surface area contributed by atoms with E-state index >= 15 is 0 Å². The van der Waals surface area contributed by atoms with E-state index in [9.17, 15) is 0 Å². The van der Waals surface area contributed by atoms with E-state index in [0.717, 1.165) is 24.9 Å². The molecule has 1 aliphatic rings. The molecule has 2 N–H and O–H groups in total. The molecule has 1 aromatic rings. The lowest BCUT2D eigenvalue weighted by molar-refractivity contribution is 0.232. The van der Waals surface area contributed by atoms with E-state index in [1.54, 1.807) is 12.4 Å². The predicted octanol–water partition coefficient (Wildman–Crippen LogP) is 1.43. The Morgan fingerprint density at radius 2 is 2.18 bits per heavy atom. The van der Waals surface area contributed by atoms with Gasteiger partial charge in [0.15, 0.2) is 0 Å². The molecule has 17 heavy (non-hydrogen) atoms. The fourth-order valence-electron chi connectivity index (χ4n) is 1.49. The van der Waals surface area contributed by atoms with Crippen LogP contribution in [-0.2, 0) is 0 Å². The van der Waals surface area contributed by atoms with Crippen LogP contribution in [0.2, 0.25) is 0 Å². The summed E-state index contributed by atoms with van der Waals surface area (Å²) in [6, 6.07) is 0.749. The fourth-order valence-corrected chi connectivity index (χ4v) is 1.49. The lowest BCUT2D eigenvalue weighted by atomic mass is 10.5. The molecule has 1 aliphatic carbocycles. The molecule has 0 radical (unpaired) electrons. The second-order valence-corrected chi connectivity index (χ2v) is 4.56. The molecule has 0 saturated heterocycles. The first-order valence-electron chi connectivity index (χ1n) is 6.20. The van der Waals surface area contributed by atoms with Crippen molar-refractivity contribution in [1.82, 2.24) is 15.3 Å². The smallest absolute Gasteiger partial charge is 0.234 e. The minimum atomic E-state index is 0.121. The molecule has 0 atom stereocenters. The minimum absolute atomic E-state index is 0.121. The maximum Gasteiger partial charge on any atom is 0.234 e. The van der Waals surface area contributed by atoms with Crippen molar-refractivity contribution in [2.24, 2.45) is 0 Å². The van der Waals surface area contributed by atoms with Crippen LogP contribution in [0.1, 0.15) is 26.7 Å². The summed E-state index contributed by atoms with van der Waals surface area (Å²) < 4.78 is 5.48. The van der Waals surface area contributed by atoms with E-state index in [1.807, 2.05) is 13.8 Å². The van der Waals surface area contributed by atoms with Crippen molar-refractivity contribution in [2.75, 3.05) is 18.4 Å². The summed E-state index contributed by atoms with van der Waals surface area (Å²) in [7, 11) is 0. The van der Waals surface area contributed by atoms with Crippen LogP contribution in [-0.4, -0.2) is 35.2 Å². The van der Waals surface area contributed by atoms with Crippen LogP contribution in [0.5, 0.6) is 5.88 Å². The first-order chi connectivity index (χ1) is 8.24. The van der Waals surface area contributed by atoms with E-state index in [0.29, 0.717) is 5.88 Å². The fraction of sp³-hybridized carbons (Fsp3) is 0.667.